The van der Waals surface area contributed by atoms with Crippen molar-refractivity contribution in [3.8, 4) is 5.69 Å². The maximum Gasteiger partial charge on any atom is 3.00 e. The van der Waals surface area contributed by atoms with Crippen molar-refractivity contribution in [2.45, 2.75) is 32.5 Å². The van der Waals surface area contributed by atoms with Crippen molar-refractivity contribution < 1.29 is 51.0 Å². The second-order valence-electron chi connectivity index (χ2n) is 8.70. The summed E-state index contributed by atoms with van der Waals surface area (Å²) in [6, 6.07) is 25.9. The Morgan fingerprint density at radius 1 is 0.871 bits per heavy atom. The molecule has 7 rings (SSSR count). The van der Waals surface area contributed by atoms with Crippen molar-refractivity contribution in [1.29, 1.82) is 0 Å². The monoisotopic (exact) mass is 540 g/mol. The molecule has 1 radical (unpaired) electrons. The van der Waals surface area contributed by atoms with Gasteiger partial charge in [-0.25, -0.2) is 0 Å². The predicted octanol–water partition coefficient (Wildman–Crippen LogP) is 1.02. The van der Waals surface area contributed by atoms with Gasteiger partial charge in [0.25, 0.3) is 0 Å². The minimum atomic E-state index is -1.17. The van der Waals surface area contributed by atoms with E-state index in [4.69, 9.17) is 0 Å². The van der Waals surface area contributed by atoms with Crippen molar-refractivity contribution >= 4 is 24.0 Å². The van der Waals surface area contributed by atoms with E-state index in [1.54, 1.807) is 16.3 Å². The normalized spacial score (nSPS) is 16.7. The summed E-state index contributed by atoms with van der Waals surface area (Å²) in [5.41, 5.74) is 8.16. The summed E-state index contributed by atoms with van der Waals surface area (Å²) in [4.78, 5) is 0. The average Bonchev–Trinajstić information content (AvgIpc) is 3.38. The number of aryl methyl sites for hydroxylation is 1. The molecule has 2 bridgehead atoms. The first-order valence-corrected chi connectivity index (χ1v) is 13.2. The van der Waals surface area contributed by atoms with Gasteiger partial charge in [0.2, 0.25) is 0 Å². The zero-order valence-corrected chi connectivity index (χ0v) is 23.3. The number of allylic oxidation sites excluding steroid dienone is 1. The standard InChI is InChI=1S/C16H17NSi.C10H9.2ClH.Zr/c1-11-15-13-9-10-17(12-7-5-4-6-8-12)14(13)16(11)18(15,2)3;1-8-6-9-4-2-3-5-10(9)7-8;;;/h4-10,15H,1-3H3;2-7H,1H3;2*1H;/q;-1;;;+3/p-2. The molecule has 31 heavy (non-hydrogen) atoms. The topological polar surface area (TPSA) is 4.93 Å². The van der Waals surface area contributed by atoms with Crippen LogP contribution in [0.4, 0.5) is 0 Å². The van der Waals surface area contributed by atoms with Crippen LogP contribution in [0.3, 0.4) is 0 Å². The molecule has 0 saturated heterocycles. The van der Waals surface area contributed by atoms with Crippen molar-refractivity contribution in [2.24, 2.45) is 0 Å². The van der Waals surface area contributed by atoms with Crippen LogP contribution in [0.25, 0.3) is 21.7 Å². The van der Waals surface area contributed by atoms with Gasteiger partial charge >= 0.3 is 26.2 Å². The number of hydrogen-bond acceptors (Lipinski definition) is 0. The number of rotatable bonds is 1. The summed E-state index contributed by atoms with van der Waals surface area (Å²) in [6.07, 6.45) is 2.24. The fourth-order valence-corrected chi connectivity index (χ4v) is 9.76. The van der Waals surface area contributed by atoms with Crippen molar-refractivity contribution in [2.75, 3.05) is 0 Å². The van der Waals surface area contributed by atoms with Crippen LogP contribution < -0.4 is 24.8 Å². The van der Waals surface area contributed by atoms with Crippen molar-refractivity contribution in [1.82, 2.24) is 4.57 Å². The molecule has 3 aromatic carbocycles. The van der Waals surface area contributed by atoms with E-state index in [2.05, 4.69) is 111 Å². The first-order chi connectivity index (χ1) is 13.5. The number of benzene rings is 2. The molecular weight excluding hydrogens is 517 g/mol. The second-order valence-corrected chi connectivity index (χ2v) is 13.2. The third-order valence-corrected chi connectivity index (χ3v) is 10.6. The Bertz CT molecular complexity index is 1190. The number of hydrogen-bond donors (Lipinski definition) is 0. The first kappa shape index (κ1) is 26.0. The van der Waals surface area contributed by atoms with E-state index in [9.17, 15) is 0 Å². The van der Waals surface area contributed by atoms with Crippen LogP contribution in [0.1, 0.15) is 29.3 Å². The summed E-state index contributed by atoms with van der Waals surface area (Å²) < 4.78 is 2.38. The third-order valence-electron chi connectivity index (χ3n) is 6.46. The Morgan fingerprint density at radius 2 is 1.52 bits per heavy atom. The van der Waals surface area contributed by atoms with E-state index in [-0.39, 0.29) is 51.0 Å². The number of para-hydroxylation sites is 1. The molecule has 3 heterocycles. The molecular formula is C26H26Cl2NSiZr. The summed E-state index contributed by atoms with van der Waals surface area (Å²) >= 11 is 0. The van der Waals surface area contributed by atoms with Crippen LogP contribution in [-0.2, 0) is 26.2 Å². The van der Waals surface area contributed by atoms with Crippen LogP contribution in [0.5, 0.6) is 0 Å². The fourth-order valence-electron chi connectivity index (χ4n) is 5.43. The van der Waals surface area contributed by atoms with Crippen LogP contribution in [-0.4, -0.2) is 12.6 Å². The Balaban J connectivity index is 0.000000228. The Labute approximate surface area is 217 Å². The van der Waals surface area contributed by atoms with E-state index >= 15 is 0 Å². The molecule has 1 unspecified atom stereocenters. The largest absolute Gasteiger partial charge is 3.00 e. The molecule has 4 aromatic rings. The molecule has 2 aliphatic heterocycles. The SMILES string of the molecule is CC1=C2c3c(ccn3-c3ccccc3)C1[Si]2(C)C.Cc1cc2ccccc2[cH-]1.[Cl-].[Cl-].[Zr+3]. The van der Waals surface area contributed by atoms with Crippen LogP contribution in [0.15, 0.2) is 84.6 Å². The molecule has 0 spiro atoms. The van der Waals surface area contributed by atoms with Crippen molar-refractivity contribution in [3.63, 3.8) is 0 Å². The van der Waals surface area contributed by atoms with Gasteiger partial charge < -0.3 is 29.4 Å². The molecule has 0 fully saturated rings. The fraction of sp³-hybridized carbons (Fsp3) is 0.192. The first-order valence-electron chi connectivity index (χ1n) is 10.1. The van der Waals surface area contributed by atoms with Gasteiger partial charge in [0.15, 0.2) is 0 Å². The van der Waals surface area contributed by atoms with Crippen LogP contribution in [0, 0.1) is 6.92 Å². The zero-order valence-electron chi connectivity index (χ0n) is 18.3. The Hall–Kier alpha value is -1.25. The molecule has 1 atom stereocenters. The van der Waals surface area contributed by atoms with E-state index in [1.807, 2.05) is 0 Å². The minimum Gasteiger partial charge on any atom is -1.00 e. The van der Waals surface area contributed by atoms with Crippen LogP contribution in [0.2, 0.25) is 13.1 Å². The average molecular weight is 543 g/mol. The molecule has 5 heteroatoms. The number of halogens is 2. The molecule has 157 valence electrons. The van der Waals surface area contributed by atoms with Gasteiger partial charge in [-0.1, -0.05) is 49.9 Å². The maximum absolute atomic E-state index is 2.51. The number of nitrogens with zero attached hydrogens (tertiary/aromatic N) is 1. The van der Waals surface area contributed by atoms with E-state index in [1.165, 1.54) is 27.7 Å². The predicted molar refractivity (Wildman–Crippen MR) is 123 cm³/mol. The number of fused-ring (bicyclic) bond motifs is 1. The van der Waals surface area contributed by atoms with Gasteiger partial charge in [-0.05, 0) is 35.9 Å². The van der Waals surface area contributed by atoms with Gasteiger partial charge in [-0.2, -0.15) is 6.07 Å². The van der Waals surface area contributed by atoms with Gasteiger partial charge in [-0.3, -0.25) is 0 Å². The summed E-state index contributed by atoms with van der Waals surface area (Å²) in [5.74, 6) is 0. The Morgan fingerprint density at radius 3 is 2.16 bits per heavy atom. The smallest absolute Gasteiger partial charge is 1.00 e. The van der Waals surface area contributed by atoms with Crippen LogP contribution >= 0.6 is 0 Å². The van der Waals surface area contributed by atoms with E-state index in [0.717, 1.165) is 5.54 Å². The second kappa shape index (κ2) is 9.71. The van der Waals surface area contributed by atoms with Gasteiger partial charge in [0.05, 0.1) is 8.07 Å². The summed E-state index contributed by atoms with van der Waals surface area (Å²) in [7, 11) is -1.17. The van der Waals surface area contributed by atoms with Gasteiger partial charge in [-0.15, -0.1) is 40.6 Å². The van der Waals surface area contributed by atoms with Gasteiger partial charge in [0, 0.05) is 23.1 Å². The summed E-state index contributed by atoms with van der Waals surface area (Å²) in [5, 5.41) is 4.40. The molecule has 0 amide bonds. The van der Waals surface area contributed by atoms with Gasteiger partial charge in [0.1, 0.15) is 0 Å². The quantitative estimate of drug-likeness (QED) is 0.250. The van der Waals surface area contributed by atoms with E-state index in [0.29, 0.717) is 0 Å². The number of aromatic nitrogens is 1. The van der Waals surface area contributed by atoms with E-state index < -0.39 is 8.07 Å². The maximum atomic E-state index is 2.51. The minimum absolute atomic E-state index is 0. The third kappa shape index (κ3) is 4.11. The molecule has 3 aliphatic rings. The molecule has 1 aromatic heterocycles. The van der Waals surface area contributed by atoms with Crippen molar-refractivity contribution in [3.05, 3.63) is 101 Å². The molecule has 0 N–H and O–H groups in total. The Kier molecular flexibility index (Phi) is 8.15. The molecule has 0 saturated carbocycles. The molecule has 1 aliphatic carbocycles. The molecule has 1 nitrogen and oxygen atoms in total. The zero-order chi connectivity index (χ0) is 19.5. The summed E-state index contributed by atoms with van der Waals surface area (Å²) in [6.45, 7) is 9.47.